The molecule has 0 bridgehead atoms. The van der Waals surface area contributed by atoms with Gasteiger partial charge in [-0.25, -0.2) is 4.98 Å². The maximum atomic E-state index is 5.56. The second kappa shape index (κ2) is 3.39. The van der Waals surface area contributed by atoms with Crippen LogP contribution in [-0.4, -0.2) is 35.1 Å². The minimum Gasteiger partial charge on any atom is -0.369 e. The van der Waals surface area contributed by atoms with Gasteiger partial charge < -0.3 is 15.2 Å². The topological polar surface area (TPSA) is 47.1 Å². The Morgan fingerprint density at radius 1 is 1.64 bits per heavy atom. The Hall–Kier alpha value is -1.03. The van der Waals surface area contributed by atoms with Gasteiger partial charge in [-0.05, 0) is 14.1 Å². The molecule has 4 heteroatoms. The standard InChI is InChI=1S/C7H14N4/c1-10(2)5-6-11-4-3-9-7(11)8/h3-4H,5-6H2,1-2H3,(H2,8,9). The lowest BCUT2D eigenvalue weighted by molar-refractivity contribution is 0.385. The third kappa shape index (κ3) is 2.23. The molecule has 62 valence electrons. The van der Waals surface area contributed by atoms with E-state index >= 15 is 0 Å². The van der Waals surface area contributed by atoms with Crippen LogP contribution in [0.5, 0.6) is 0 Å². The molecule has 1 heterocycles. The number of nitrogens with two attached hydrogens (primary N) is 1. The highest BCUT2D eigenvalue weighted by atomic mass is 15.2. The molecule has 11 heavy (non-hydrogen) atoms. The van der Waals surface area contributed by atoms with E-state index in [0.717, 1.165) is 13.1 Å². The van der Waals surface area contributed by atoms with Crippen molar-refractivity contribution in [2.45, 2.75) is 6.54 Å². The van der Waals surface area contributed by atoms with E-state index in [-0.39, 0.29) is 0 Å². The van der Waals surface area contributed by atoms with Crippen molar-refractivity contribution in [2.75, 3.05) is 26.4 Å². The monoisotopic (exact) mass is 154 g/mol. The maximum absolute atomic E-state index is 5.56. The first-order valence-electron chi connectivity index (χ1n) is 3.61. The fourth-order valence-electron chi connectivity index (χ4n) is 0.838. The first kappa shape index (κ1) is 8.07. The minimum absolute atomic E-state index is 0.590. The van der Waals surface area contributed by atoms with E-state index in [1.54, 1.807) is 6.20 Å². The Balaban J connectivity index is 2.44. The molecular formula is C7H14N4. The number of likely N-dealkylation sites (N-methyl/N-ethyl adjacent to an activating group) is 1. The summed E-state index contributed by atoms with van der Waals surface area (Å²) >= 11 is 0. The van der Waals surface area contributed by atoms with E-state index in [9.17, 15) is 0 Å². The Bertz CT molecular complexity index is 216. The summed E-state index contributed by atoms with van der Waals surface area (Å²) in [6, 6.07) is 0. The van der Waals surface area contributed by atoms with Crippen molar-refractivity contribution in [2.24, 2.45) is 0 Å². The van der Waals surface area contributed by atoms with Crippen LogP contribution in [0.25, 0.3) is 0 Å². The molecule has 1 aromatic heterocycles. The third-order valence-electron chi connectivity index (χ3n) is 1.54. The SMILES string of the molecule is CN(C)CCn1ccnc1N. The van der Waals surface area contributed by atoms with E-state index in [1.165, 1.54) is 0 Å². The smallest absolute Gasteiger partial charge is 0.200 e. The maximum Gasteiger partial charge on any atom is 0.200 e. The number of hydrogen-bond donors (Lipinski definition) is 1. The number of aromatic nitrogens is 2. The molecule has 0 aliphatic carbocycles. The Labute approximate surface area is 66.6 Å². The van der Waals surface area contributed by atoms with Crippen LogP contribution in [0, 0.1) is 0 Å². The Morgan fingerprint density at radius 3 is 2.82 bits per heavy atom. The lowest BCUT2D eigenvalue weighted by Crippen LogP contribution is -2.18. The number of anilines is 1. The van der Waals surface area contributed by atoms with Gasteiger partial charge in [-0.2, -0.15) is 0 Å². The summed E-state index contributed by atoms with van der Waals surface area (Å²) < 4.78 is 1.93. The Kier molecular flexibility index (Phi) is 2.48. The lowest BCUT2D eigenvalue weighted by atomic mass is 10.5. The lowest BCUT2D eigenvalue weighted by Gasteiger charge is -2.10. The molecule has 0 fully saturated rings. The van der Waals surface area contributed by atoms with Crippen molar-refractivity contribution in [1.29, 1.82) is 0 Å². The number of imidazole rings is 1. The predicted octanol–water partition coefficient (Wildman–Crippen LogP) is 0.0269. The fraction of sp³-hybridized carbons (Fsp3) is 0.571. The van der Waals surface area contributed by atoms with Gasteiger partial charge in [0, 0.05) is 25.5 Å². The predicted molar refractivity (Wildman–Crippen MR) is 45.2 cm³/mol. The average molecular weight is 154 g/mol. The van der Waals surface area contributed by atoms with Gasteiger partial charge in [0.05, 0.1) is 0 Å². The summed E-state index contributed by atoms with van der Waals surface area (Å²) in [5.74, 6) is 0.590. The average Bonchev–Trinajstić information content (AvgIpc) is 2.31. The van der Waals surface area contributed by atoms with Crippen LogP contribution in [0.2, 0.25) is 0 Å². The van der Waals surface area contributed by atoms with Gasteiger partial charge in [-0.1, -0.05) is 0 Å². The van der Waals surface area contributed by atoms with Gasteiger partial charge in [-0.15, -0.1) is 0 Å². The molecule has 0 unspecified atom stereocenters. The highest BCUT2D eigenvalue weighted by Gasteiger charge is 1.96. The zero-order valence-corrected chi connectivity index (χ0v) is 6.99. The number of nitrogens with zero attached hydrogens (tertiary/aromatic N) is 3. The second-order valence-corrected chi connectivity index (χ2v) is 2.78. The molecule has 0 saturated carbocycles. The van der Waals surface area contributed by atoms with Crippen molar-refractivity contribution < 1.29 is 0 Å². The molecule has 0 amide bonds. The van der Waals surface area contributed by atoms with Crippen LogP contribution < -0.4 is 5.73 Å². The molecule has 4 nitrogen and oxygen atoms in total. The summed E-state index contributed by atoms with van der Waals surface area (Å²) in [5.41, 5.74) is 5.56. The molecular weight excluding hydrogens is 140 g/mol. The summed E-state index contributed by atoms with van der Waals surface area (Å²) in [6.07, 6.45) is 3.60. The number of hydrogen-bond acceptors (Lipinski definition) is 3. The second-order valence-electron chi connectivity index (χ2n) is 2.78. The number of rotatable bonds is 3. The van der Waals surface area contributed by atoms with Gasteiger partial charge in [0.2, 0.25) is 0 Å². The van der Waals surface area contributed by atoms with Crippen molar-refractivity contribution in [3.63, 3.8) is 0 Å². The summed E-state index contributed by atoms with van der Waals surface area (Å²) in [5, 5.41) is 0. The third-order valence-corrected chi connectivity index (χ3v) is 1.54. The molecule has 0 atom stereocenters. The van der Waals surface area contributed by atoms with E-state index in [1.807, 2.05) is 24.9 Å². The normalized spacial score (nSPS) is 10.8. The molecule has 0 radical (unpaired) electrons. The highest BCUT2D eigenvalue weighted by Crippen LogP contribution is 1.97. The van der Waals surface area contributed by atoms with Gasteiger partial charge in [0.1, 0.15) is 0 Å². The van der Waals surface area contributed by atoms with Gasteiger partial charge in [-0.3, -0.25) is 0 Å². The largest absolute Gasteiger partial charge is 0.369 e. The summed E-state index contributed by atoms with van der Waals surface area (Å²) in [4.78, 5) is 6.03. The summed E-state index contributed by atoms with van der Waals surface area (Å²) in [7, 11) is 4.07. The Morgan fingerprint density at radius 2 is 2.36 bits per heavy atom. The van der Waals surface area contributed by atoms with Crippen LogP contribution in [0.4, 0.5) is 5.95 Å². The molecule has 0 aromatic carbocycles. The van der Waals surface area contributed by atoms with Gasteiger partial charge >= 0.3 is 0 Å². The molecule has 1 rings (SSSR count). The molecule has 0 spiro atoms. The zero-order chi connectivity index (χ0) is 8.27. The van der Waals surface area contributed by atoms with Crippen LogP contribution in [0.3, 0.4) is 0 Å². The van der Waals surface area contributed by atoms with Crippen LogP contribution in [0.1, 0.15) is 0 Å². The van der Waals surface area contributed by atoms with Crippen molar-refractivity contribution in [1.82, 2.24) is 14.5 Å². The highest BCUT2D eigenvalue weighted by molar-refractivity contribution is 5.16. The van der Waals surface area contributed by atoms with Gasteiger partial charge in [0.15, 0.2) is 5.95 Å². The quantitative estimate of drug-likeness (QED) is 0.668. The van der Waals surface area contributed by atoms with Crippen LogP contribution in [0.15, 0.2) is 12.4 Å². The number of nitrogen functional groups attached to an aromatic ring is 1. The van der Waals surface area contributed by atoms with E-state index < -0.39 is 0 Å². The minimum atomic E-state index is 0.590. The molecule has 0 aliphatic heterocycles. The molecule has 0 aliphatic rings. The van der Waals surface area contributed by atoms with E-state index in [0.29, 0.717) is 5.95 Å². The first-order valence-corrected chi connectivity index (χ1v) is 3.61. The summed E-state index contributed by atoms with van der Waals surface area (Å²) in [6.45, 7) is 1.89. The molecule has 0 saturated heterocycles. The zero-order valence-electron chi connectivity index (χ0n) is 6.99. The molecule has 1 aromatic rings. The van der Waals surface area contributed by atoms with Crippen molar-refractivity contribution in [3.8, 4) is 0 Å². The molecule has 2 N–H and O–H groups in total. The van der Waals surface area contributed by atoms with Crippen molar-refractivity contribution >= 4 is 5.95 Å². The first-order chi connectivity index (χ1) is 5.20. The van der Waals surface area contributed by atoms with Crippen LogP contribution >= 0.6 is 0 Å². The van der Waals surface area contributed by atoms with Crippen molar-refractivity contribution in [3.05, 3.63) is 12.4 Å². The van der Waals surface area contributed by atoms with E-state index in [4.69, 9.17) is 5.73 Å². The fourth-order valence-corrected chi connectivity index (χ4v) is 0.838. The van der Waals surface area contributed by atoms with Gasteiger partial charge in [0.25, 0.3) is 0 Å². The van der Waals surface area contributed by atoms with Crippen LogP contribution in [-0.2, 0) is 6.54 Å². The van der Waals surface area contributed by atoms with E-state index in [2.05, 4.69) is 9.88 Å².